The number of unbranched alkanes of at least 4 members (excludes halogenated alkanes) is 3. The fourth-order valence-electron chi connectivity index (χ4n) is 5.21. The molecule has 0 radical (unpaired) electrons. The number of aliphatic hydroxyl groups excluding tert-OH is 1. The van der Waals surface area contributed by atoms with Crippen molar-refractivity contribution in [2.45, 2.75) is 96.4 Å². The van der Waals surface area contributed by atoms with Crippen molar-refractivity contribution in [3.8, 4) is 11.5 Å². The number of methoxy groups -OCH3 is 1. The van der Waals surface area contributed by atoms with E-state index in [0.717, 1.165) is 37.9 Å². The second-order valence-corrected chi connectivity index (χ2v) is 11.6. The smallest absolute Gasteiger partial charge is 0.342 e. The van der Waals surface area contributed by atoms with Crippen LogP contribution in [0, 0.1) is 5.92 Å². The molecule has 1 saturated heterocycles. The normalized spacial score (nSPS) is 26.9. The van der Waals surface area contributed by atoms with Gasteiger partial charge in [0.25, 0.3) is 0 Å². The standard InChI is InChI=1S/C33H46N2O8/c1-22-14-15-26(36)31-27(42-33(3,4)43-31)12-10-11-24-19-25(39-18-9-7-6-8-13-29-34-16-17-35-29)20-28(40-21-38-5)30(24)32(37)41-23(22)2/h10-11,14-17,19-20,22-23,26-27,31,36H,6-9,12-13,18,21H2,1-5H3,(H,34,35)/b11-10+,15-14-/t22-,23+,26?,27+,31-/m1/s1. The molecule has 1 unspecified atom stereocenters. The number of hydrogen-bond acceptors (Lipinski definition) is 9. The van der Waals surface area contributed by atoms with E-state index < -0.39 is 30.1 Å². The van der Waals surface area contributed by atoms with Crippen LogP contribution in [0.15, 0.2) is 42.8 Å². The maximum atomic E-state index is 13.6. The lowest BCUT2D eigenvalue weighted by molar-refractivity contribution is -0.152. The van der Waals surface area contributed by atoms with Gasteiger partial charge in [0.15, 0.2) is 12.6 Å². The fourth-order valence-corrected chi connectivity index (χ4v) is 5.21. The highest BCUT2D eigenvalue weighted by Gasteiger charge is 2.43. The Morgan fingerprint density at radius 1 is 1.09 bits per heavy atom. The molecule has 236 valence electrons. The van der Waals surface area contributed by atoms with E-state index in [0.29, 0.717) is 35.7 Å². The minimum Gasteiger partial charge on any atom is -0.493 e. The number of hydrogen-bond donors (Lipinski definition) is 2. The van der Waals surface area contributed by atoms with Crippen LogP contribution in [0.4, 0.5) is 0 Å². The number of cyclic esters (lactones) is 1. The van der Waals surface area contributed by atoms with E-state index >= 15 is 0 Å². The Morgan fingerprint density at radius 3 is 2.67 bits per heavy atom. The molecule has 10 nitrogen and oxygen atoms in total. The van der Waals surface area contributed by atoms with Gasteiger partial charge >= 0.3 is 5.97 Å². The van der Waals surface area contributed by atoms with Crippen LogP contribution in [0.2, 0.25) is 0 Å². The minimum absolute atomic E-state index is 0.0425. The zero-order valence-corrected chi connectivity index (χ0v) is 25.9. The van der Waals surface area contributed by atoms with Gasteiger partial charge < -0.3 is 38.5 Å². The number of carbonyl (C=O) groups excluding carboxylic acids is 1. The third kappa shape index (κ3) is 9.40. The van der Waals surface area contributed by atoms with Crippen LogP contribution in [0.1, 0.15) is 81.5 Å². The number of nitrogens with one attached hydrogen (secondary N) is 1. The van der Waals surface area contributed by atoms with Crippen LogP contribution >= 0.6 is 0 Å². The van der Waals surface area contributed by atoms with Crippen LogP contribution in [-0.4, -0.2) is 71.8 Å². The lowest BCUT2D eigenvalue weighted by Gasteiger charge is -2.23. The van der Waals surface area contributed by atoms with Crippen molar-refractivity contribution in [1.82, 2.24) is 9.97 Å². The van der Waals surface area contributed by atoms with Gasteiger partial charge in [0.1, 0.15) is 41.2 Å². The molecule has 3 heterocycles. The maximum Gasteiger partial charge on any atom is 0.342 e. The average molecular weight is 599 g/mol. The Bertz CT molecular complexity index is 1230. The lowest BCUT2D eigenvalue weighted by Crippen LogP contribution is -2.34. The number of aromatic nitrogens is 2. The molecule has 0 bridgehead atoms. The Kier molecular flexibility index (Phi) is 11.8. The number of aliphatic hydroxyl groups is 1. The van der Waals surface area contributed by atoms with Gasteiger partial charge in [0.05, 0.1) is 12.7 Å². The summed E-state index contributed by atoms with van der Waals surface area (Å²) in [4.78, 5) is 21.0. The number of fused-ring (bicyclic) bond motifs is 2. The molecule has 0 amide bonds. The molecule has 5 atom stereocenters. The van der Waals surface area contributed by atoms with E-state index in [1.165, 1.54) is 7.11 Å². The third-order valence-corrected chi connectivity index (χ3v) is 7.64. The third-order valence-electron chi connectivity index (χ3n) is 7.64. The molecule has 2 N–H and O–H groups in total. The summed E-state index contributed by atoms with van der Waals surface area (Å²) in [6, 6.07) is 3.54. The highest BCUT2D eigenvalue weighted by molar-refractivity contribution is 5.97. The predicted molar refractivity (Wildman–Crippen MR) is 162 cm³/mol. The molecule has 10 heteroatoms. The summed E-state index contributed by atoms with van der Waals surface area (Å²) in [5.74, 6) is 0.401. The van der Waals surface area contributed by atoms with Gasteiger partial charge in [-0.2, -0.15) is 0 Å². The number of rotatable bonds is 11. The fraction of sp³-hybridized carbons (Fsp3) is 0.576. The summed E-state index contributed by atoms with van der Waals surface area (Å²) in [6.07, 6.45) is 14.1. The van der Waals surface area contributed by atoms with Crippen molar-refractivity contribution in [3.63, 3.8) is 0 Å². The van der Waals surface area contributed by atoms with Gasteiger partial charge in [0.2, 0.25) is 0 Å². The molecular formula is C33H46N2O8. The van der Waals surface area contributed by atoms with Crippen LogP contribution in [-0.2, 0) is 25.4 Å². The number of nitrogens with zero attached hydrogens (tertiary/aromatic N) is 1. The number of benzene rings is 1. The lowest BCUT2D eigenvalue weighted by atomic mass is 9.99. The van der Waals surface area contributed by atoms with E-state index in [-0.39, 0.29) is 18.8 Å². The van der Waals surface area contributed by atoms with Crippen molar-refractivity contribution in [2.75, 3.05) is 20.5 Å². The molecule has 0 spiro atoms. The molecule has 1 aromatic heterocycles. The number of imidazole rings is 1. The van der Waals surface area contributed by atoms with Crippen molar-refractivity contribution in [1.29, 1.82) is 0 Å². The summed E-state index contributed by atoms with van der Waals surface area (Å²) < 4.78 is 35.2. The average Bonchev–Trinajstić information content (AvgIpc) is 3.60. The van der Waals surface area contributed by atoms with Crippen LogP contribution in [0.5, 0.6) is 11.5 Å². The molecule has 4 rings (SSSR count). The monoisotopic (exact) mass is 598 g/mol. The van der Waals surface area contributed by atoms with Gasteiger partial charge in [-0.25, -0.2) is 9.78 Å². The summed E-state index contributed by atoms with van der Waals surface area (Å²) in [7, 11) is 1.52. The number of aryl methyl sites for hydroxylation is 1. The summed E-state index contributed by atoms with van der Waals surface area (Å²) >= 11 is 0. The molecule has 2 aliphatic rings. The number of ether oxygens (including phenoxy) is 6. The molecule has 1 fully saturated rings. The zero-order valence-electron chi connectivity index (χ0n) is 25.9. The number of H-pyrrole nitrogens is 1. The Hall–Kier alpha value is -3.18. The van der Waals surface area contributed by atoms with E-state index in [1.807, 2.05) is 58.2 Å². The Labute approximate surface area is 254 Å². The van der Waals surface area contributed by atoms with Crippen LogP contribution < -0.4 is 9.47 Å². The molecule has 1 aromatic carbocycles. The summed E-state index contributed by atoms with van der Waals surface area (Å²) in [5.41, 5.74) is 0.883. The first kappa shape index (κ1) is 32.7. The maximum absolute atomic E-state index is 13.6. The van der Waals surface area contributed by atoms with Crippen molar-refractivity contribution in [2.24, 2.45) is 5.92 Å². The van der Waals surface area contributed by atoms with E-state index in [1.54, 1.807) is 18.3 Å². The molecule has 0 aliphatic carbocycles. The second kappa shape index (κ2) is 15.5. The van der Waals surface area contributed by atoms with Crippen molar-refractivity contribution >= 4 is 12.0 Å². The topological polar surface area (TPSA) is 121 Å². The highest BCUT2D eigenvalue weighted by atomic mass is 16.8. The molecule has 2 aromatic rings. The largest absolute Gasteiger partial charge is 0.493 e. The predicted octanol–water partition coefficient (Wildman–Crippen LogP) is 5.61. The Morgan fingerprint density at radius 2 is 1.91 bits per heavy atom. The van der Waals surface area contributed by atoms with Crippen molar-refractivity contribution < 1.29 is 38.3 Å². The van der Waals surface area contributed by atoms with Gasteiger partial charge in [-0.15, -0.1) is 0 Å². The first-order chi connectivity index (χ1) is 20.7. The minimum atomic E-state index is -0.875. The quantitative estimate of drug-likeness (QED) is 0.147. The molecule has 0 saturated carbocycles. The SMILES string of the molecule is COCOc1cc(OCCCCCCc2ncc[nH]2)cc2c1C(=O)O[C@@H](C)[C@H](C)/C=C\C(O)[C@H]1OC(C)(C)O[C@H]1C/C=C/2. The number of carbonyl (C=O) groups is 1. The molecular weight excluding hydrogens is 552 g/mol. The molecule has 2 aliphatic heterocycles. The summed E-state index contributed by atoms with van der Waals surface area (Å²) in [6.45, 7) is 7.91. The van der Waals surface area contributed by atoms with E-state index in [2.05, 4.69) is 9.97 Å². The van der Waals surface area contributed by atoms with Crippen molar-refractivity contribution in [3.05, 3.63) is 59.7 Å². The second-order valence-electron chi connectivity index (χ2n) is 11.6. The van der Waals surface area contributed by atoms with Gasteiger partial charge in [0, 0.05) is 37.9 Å². The Balaban J connectivity index is 1.54. The summed E-state index contributed by atoms with van der Waals surface area (Å²) in [5, 5.41) is 10.9. The zero-order chi connectivity index (χ0) is 30.8. The molecule has 43 heavy (non-hydrogen) atoms. The number of aromatic amines is 1. The first-order valence-corrected chi connectivity index (χ1v) is 15.2. The van der Waals surface area contributed by atoms with E-state index in [9.17, 15) is 9.90 Å². The van der Waals surface area contributed by atoms with Gasteiger partial charge in [-0.05, 0) is 51.7 Å². The van der Waals surface area contributed by atoms with Crippen LogP contribution in [0.25, 0.3) is 6.08 Å². The van der Waals surface area contributed by atoms with Gasteiger partial charge in [-0.1, -0.05) is 44.1 Å². The van der Waals surface area contributed by atoms with Crippen LogP contribution in [0.3, 0.4) is 0 Å². The highest BCUT2D eigenvalue weighted by Crippen LogP contribution is 2.35. The van der Waals surface area contributed by atoms with Gasteiger partial charge in [-0.3, -0.25) is 0 Å². The van der Waals surface area contributed by atoms with E-state index in [4.69, 9.17) is 28.4 Å². The number of esters is 1. The first-order valence-electron chi connectivity index (χ1n) is 15.2.